The van der Waals surface area contributed by atoms with Crippen LogP contribution < -0.4 is 0 Å². The van der Waals surface area contributed by atoms with Crippen LogP contribution in [0.3, 0.4) is 0 Å². The van der Waals surface area contributed by atoms with Crippen molar-refractivity contribution >= 4 is 23.0 Å². The van der Waals surface area contributed by atoms with Gasteiger partial charge in [-0.2, -0.15) is 0 Å². The van der Waals surface area contributed by atoms with Gasteiger partial charge in [0.1, 0.15) is 6.04 Å². The molecule has 28 heavy (non-hydrogen) atoms. The number of ketones is 1. The molecule has 2 aromatic rings. The summed E-state index contributed by atoms with van der Waals surface area (Å²) < 4.78 is 0. The molecule has 3 heterocycles. The van der Waals surface area contributed by atoms with Gasteiger partial charge in [-0.1, -0.05) is 26.0 Å². The summed E-state index contributed by atoms with van der Waals surface area (Å²) in [6.07, 6.45) is 2.39. The number of aliphatic hydroxyl groups is 1. The van der Waals surface area contributed by atoms with Crippen molar-refractivity contribution in [2.24, 2.45) is 0 Å². The molecule has 0 fully saturated rings. The van der Waals surface area contributed by atoms with E-state index in [1.807, 2.05) is 6.07 Å². The molecule has 3 rings (SSSR count). The number of Topliss-reactive ketones (excluding diaryl/α,β-unsaturated/α-hetero) is 1. The van der Waals surface area contributed by atoms with E-state index in [0.717, 1.165) is 26.1 Å². The van der Waals surface area contributed by atoms with Crippen molar-refractivity contribution in [3.05, 3.63) is 63.8 Å². The molecule has 1 N–H and O–H groups in total. The summed E-state index contributed by atoms with van der Waals surface area (Å²) in [6.45, 7) is 7.39. The van der Waals surface area contributed by atoms with Gasteiger partial charge in [0.05, 0.1) is 16.1 Å². The third kappa shape index (κ3) is 4.00. The SMILES string of the molecule is CCN(CC)CCCN1C(=O)C(O)=C(C(=O)c2cccs2)C1c1ccccn1. The Hall–Kier alpha value is -2.51. The zero-order valence-corrected chi connectivity index (χ0v) is 17.0. The fourth-order valence-corrected chi connectivity index (χ4v) is 4.18. The molecule has 2 aromatic heterocycles. The van der Waals surface area contributed by atoms with Gasteiger partial charge in [-0.25, -0.2) is 0 Å². The maximum absolute atomic E-state index is 13.0. The summed E-state index contributed by atoms with van der Waals surface area (Å²) in [5.41, 5.74) is 0.705. The summed E-state index contributed by atoms with van der Waals surface area (Å²) in [5, 5.41) is 12.4. The third-order valence-corrected chi connectivity index (χ3v) is 5.90. The Bertz CT molecular complexity index is 845. The third-order valence-electron chi connectivity index (χ3n) is 5.03. The second kappa shape index (κ2) is 9.12. The van der Waals surface area contributed by atoms with E-state index in [0.29, 0.717) is 17.1 Å². The summed E-state index contributed by atoms with van der Waals surface area (Å²) in [4.78, 5) is 34.6. The molecule has 1 atom stereocenters. The minimum Gasteiger partial charge on any atom is -0.503 e. The van der Waals surface area contributed by atoms with Gasteiger partial charge >= 0.3 is 0 Å². The highest BCUT2D eigenvalue weighted by molar-refractivity contribution is 7.12. The first kappa shape index (κ1) is 20.2. The Balaban J connectivity index is 1.90. The van der Waals surface area contributed by atoms with Crippen molar-refractivity contribution in [2.45, 2.75) is 26.3 Å². The van der Waals surface area contributed by atoms with Crippen molar-refractivity contribution in [2.75, 3.05) is 26.2 Å². The van der Waals surface area contributed by atoms with Gasteiger partial charge < -0.3 is 14.9 Å². The topological polar surface area (TPSA) is 73.7 Å². The number of carbonyl (C=O) groups is 2. The van der Waals surface area contributed by atoms with Crippen LogP contribution in [0.5, 0.6) is 0 Å². The lowest BCUT2D eigenvalue weighted by molar-refractivity contribution is -0.129. The second-order valence-electron chi connectivity index (χ2n) is 6.60. The fourth-order valence-electron chi connectivity index (χ4n) is 3.51. The first-order valence-electron chi connectivity index (χ1n) is 9.54. The number of hydrogen-bond acceptors (Lipinski definition) is 6. The van der Waals surface area contributed by atoms with Gasteiger partial charge in [-0.05, 0) is 49.6 Å². The van der Waals surface area contributed by atoms with E-state index in [1.54, 1.807) is 40.7 Å². The monoisotopic (exact) mass is 399 g/mol. The molecule has 1 unspecified atom stereocenters. The van der Waals surface area contributed by atoms with E-state index in [9.17, 15) is 14.7 Å². The minimum absolute atomic E-state index is 0.119. The second-order valence-corrected chi connectivity index (χ2v) is 7.55. The molecule has 6 nitrogen and oxygen atoms in total. The van der Waals surface area contributed by atoms with E-state index in [1.165, 1.54) is 11.3 Å². The van der Waals surface area contributed by atoms with Crippen LogP contribution in [-0.4, -0.2) is 57.8 Å². The van der Waals surface area contributed by atoms with Crippen molar-refractivity contribution in [3.8, 4) is 0 Å². The van der Waals surface area contributed by atoms with Crippen molar-refractivity contribution in [1.82, 2.24) is 14.8 Å². The number of thiophene rings is 1. The number of aliphatic hydroxyl groups excluding tert-OH is 1. The van der Waals surface area contributed by atoms with Gasteiger partial charge in [-0.15, -0.1) is 11.3 Å². The Morgan fingerprint density at radius 3 is 2.64 bits per heavy atom. The van der Waals surface area contributed by atoms with E-state index in [2.05, 4.69) is 23.7 Å². The quantitative estimate of drug-likeness (QED) is 0.654. The first-order chi connectivity index (χ1) is 13.6. The number of carbonyl (C=O) groups excluding carboxylic acids is 2. The van der Waals surface area contributed by atoms with Crippen LogP contribution in [0.15, 0.2) is 53.2 Å². The summed E-state index contributed by atoms with van der Waals surface area (Å²) in [7, 11) is 0. The van der Waals surface area contributed by atoms with Crippen LogP contribution in [0, 0.1) is 0 Å². The lowest BCUT2D eigenvalue weighted by Crippen LogP contribution is -2.34. The maximum atomic E-state index is 13.0. The van der Waals surface area contributed by atoms with Crippen LogP contribution in [0.1, 0.15) is 41.7 Å². The Kier molecular flexibility index (Phi) is 6.59. The molecule has 0 bridgehead atoms. The van der Waals surface area contributed by atoms with Crippen LogP contribution in [0.25, 0.3) is 0 Å². The van der Waals surface area contributed by atoms with Gasteiger partial charge in [0.25, 0.3) is 5.91 Å². The zero-order valence-electron chi connectivity index (χ0n) is 16.2. The van der Waals surface area contributed by atoms with E-state index < -0.39 is 17.7 Å². The highest BCUT2D eigenvalue weighted by Gasteiger charge is 2.44. The zero-order chi connectivity index (χ0) is 20.1. The lowest BCUT2D eigenvalue weighted by Gasteiger charge is -2.27. The van der Waals surface area contributed by atoms with E-state index in [4.69, 9.17) is 0 Å². The molecule has 1 aliphatic rings. The molecular formula is C21H25N3O3S. The number of rotatable bonds is 9. The van der Waals surface area contributed by atoms with Crippen molar-refractivity contribution in [1.29, 1.82) is 0 Å². The summed E-state index contributed by atoms with van der Waals surface area (Å²) in [6, 6.07) is 8.22. The largest absolute Gasteiger partial charge is 0.503 e. The molecule has 1 aliphatic heterocycles. The van der Waals surface area contributed by atoms with Gasteiger partial charge in [0, 0.05) is 12.7 Å². The molecule has 0 saturated heterocycles. The molecule has 7 heteroatoms. The molecule has 148 valence electrons. The van der Waals surface area contributed by atoms with Crippen LogP contribution in [0.2, 0.25) is 0 Å². The Labute approximate surface area is 169 Å². The van der Waals surface area contributed by atoms with Gasteiger partial charge in [0.15, 0.2) is 5.76 Å². The number of aromatic nitrogens is 1. The summed E-state index contributed by atoms with van der Waals surface area (Å²) >= 11 is 1.30. The number of hydrogen-bond donors (Lipinski definition) is 1. The highest BCUT2D eigenvalue weighted by Crippen LogP contribution is 2.38. The van der Waals surface area contributed by atoms with Gasteiger partial charge in [0.2, 0.25) is 5.78 Å². The van der Waals surface area contributed by atoms with Gasteiger partial charge in [-0.3, -0.25) is 14.6 Å². The number of amides is 1. The van der Waals surface area contributed by atoms with Crippen molar-refractivity contribution < 1.29 is 14.7 Å². The fraction of sp³-hybridized carbons (Fsp3) is 0.381. The predicted octanol–water partition coefficient (Wildman–Crippen LogP) is 3.45. The lowest BCUT2D eigenvalue weighted by atomic mass is 9.99. The van der Waals surface area contributed by atoms with E-state index in [-0.39, 0.29) is 11.4 Å². The average molecular weight is 400 g/mol. The Morgan fingerprint density at radius 2 is 2.04 bits per heavy atom. The smallest absolute Gasteiger partial charge is 0.290 e. The number of pyridine rings is 1. The molecule has 0 radical (unpaired) electrons. The van der Waals surface area contributed by atoms with Crippen molar-refractivity contribution in [3.63, 3.8) is 0 Å². The highest BCUT2D eigenvalue weighted by atomic mass is 32.1. The molecule has 1 amide bonds. The van der Waals surface area contributed by atoms with Crippen LogP contribution in [0.4, 0.5) is 0 Å². The predicted molar refractivity (Wildman–Crippen MR) is 109 cm³/mol. The number of nitrogens with zero attached hydrogens (tertiary/aromatic N) is 3. The average Bonchev–Trinajstić information content (AvgIpc) is 3.34. The van der Waals surface area contributed by atoms with Crippen LogP contribution in [-0.2, 0) is 4.79 Å². The molecule has 0 saturated carbocycles. The standard InChI is InChI=1S/C21H25N3O3S/c1-3-23(4-2)12-8-13-24-18(15-9-5-6-11-22-15)17(20(26)21(24)27)19(25)16-10-7-14-28-16/h5-7,9-11,14,18,26H,3-4,8,12-13H2,1-2H3. The normalized spacial score (nSPS) is 17.0. The summed E-state index contributed by atoms with van der Waals surface area (Å²) in [5.74, 6) is -1.28. The molecule has 0 aromatic carbocycles. The maximum Gasteiger partial charge on any atom is 0.290 e. The van der Waals surface area contributed by atoms with Crippen LogP contribution >= 0.6 is 11.3 Å². The van der Waals surface area contributed by atoms with E-state index >= 15 is 0 Å². The minimum atomic E-state index is -0.667. The molecule has 0 spiro atoms. The first-order valence-corrected chi connectivity index (χ1v) is 10.4. The Morgan fingerprint density at radius 1 is 1.25 bits per heavy atom. The molecule has 0 aliphatic carbocycles. The molecular weight excluding hydrogens is 374 g/mol.